The summed E-state index contributed by atoms with van der Waals surface area (Å²) < 4.78 is 12.9. The molecule has 6 heteroatoms. The minimum Gasteiger partial charge on any atom is -0.493 e. The van der Waals surface area contributed by atoms with Crippen molar-refractivity contribution in [2.75, 3.05) is 33.4 Å². The van der Waals surface area contributed by atoms with Crippen LogP contribution in [0.25, 0.3) is 5.69 Å². The molecule has 0 aliphatic carbocycles. The van der Waals surface area contributed by atoms with Gasteiger partial charge in [0, 0.05) is 25.0 Å². The quantitative estimate of drug-likeness (QED) is 0.772. The highest BCUT2D eigenvalue weighted by Crippen LogP contribution is 2.29. The van der Waals surface area contributed by atoms with Gasteiger partial charge in [-0.25, -0.2) is 0 Å². The fourth-order valence-corrected chi connectivity index (χ4v) is 3.11. The number of aromatic nitrogens is 2. The fourth-order valence-electron chi connectivity index (χ4n) is 3.11. The predicted octanol–water partition coefficient (Wildman–Crippen LogP) is 2.28. The van der Waals surface area contributed by atoms with Crippen LogP contribution >= 0.6 is 0 Å². The molecule has 0 spiro atoms. The van der Waals surface area contributed by atoms with E-state index in [0.717, 1.165) is 25.3 Å². The molecule has 1 aliphatic heterocycles. The summed E-state index contributed by atoms with van der Waals surface area (Å²) in [6.45, 7) is 5.79. The van der Waals surface area contributed by atoms with Gasteiger partial charge in [0.2, 0.25) is 0 Å². The SMILES string of the molecule is CCc1nccn(-c2ccc(OCCN3CCCC3)c(OC)c2)c1=O. The lowest BCUT2D eigenvalue weighted by Crippen LogP contribution is -2.25. The van der Waals surface area contributed by atoms with Crippen LogP contribution in [-0.4, -0.2) is 47.8 Å². The van der Waals surface area contributed by atoms with Gasteiger partial charge in [-0.1, -0.05) is 6.92 Å². The maximum absolute atomic E-state index is 12.4. The molecular formula is C19H25N3O3. The van der Waals surface area contributed by atoms with Gasteiger partial charge >= 0.3 is 0 Å². The minimum atomic E-state index is -0.102. The summed E-state index contributed by atoms with van der Waals surface area (Å²) in [5.74, 6) is 1.32. The summed E-state index contributed by atoms with van der Waals surface area (Å²) in [6, 6.07) is 5.55. The Kier molecular flexibility index (Phi) is 5.71. The van der Waals surface area contributed by atoms with Crippen molar-refractivity contribution in [1.82, 2.24) is 14.5 Å². The smallest absolute Gasteiger partial charge is 0.276 e. The number of hydrogen-bond donors (Lipinski definition) is 0. The van der Waals surface area contributed by atoms with E-state index in [0.29, 0.717) is 30.2 Å². The Hall–Kier alpha value is -2.34. The zero-order valence-corrected chi connectivity index (χ0v) is 14.9. The topological polar surface area (TPSA) is 56.6 Å². The average molecular weight is 343 g/mol. The summed E-state index contributed by atoms with van der Waals surface area (Å²) >= 11 is 0. The van der Waals surface area contributed by atoms with Gasteiger partial charge in [0.15, 0.2) is 11.5 Å². The lowest BCUT2D eigenvalue weighted by atomic mass is 10.2. The number of nitrogens with zero attached hydrogens (tertiary/aromatic N) is 3. The molecule has 1 fully saturated rings. The first-order valence-corrected chi connectivity index (χ1v) is 8.83. The Morgan fingerprint density at radius 2 is 2.00 bits per heavy atom. The van der Waals surface area contributed by atoms with Crippen molar-refractivity contribution >= 4 is 0 Å². The molecule has 0 amide bonds. The van der Waals surface area contributed by atoms with Crippen LogP contribution in [-0.2, 0) is 6.42 Å². The Morgan fingerprint density at radius 1 is 1.20 bits per heavy atom. The molecule has 3 rings (SSSR count). The van der Waals surface area contributed by atoms with Gasteiger partial charge in [0.1, 0.15) is 12.3 Å². The summed E-state index contributed by atoms with van der Waals surface area (Å²) in [4.78, 5) is 19.0. The molecule has 6 nitrogen and oxygen atoms in total. The van der Waals surface area contributed by atoms with E-state index in [4.69, 9.17) is 9.47 Å². The summed E-state index contributed by atoms with van der Waals surface area (Å²) in [7, 11) is 1.61. The molecule has 2 aromatic rings. The number of hydrogen-bond acceptors (Lipinski definition) is 5. The number of aryl methyl sites for hydroxylation is 1. The molecule has 0 atom stereocenters. The van der Waals surface area contributed by atoms with E-state index >= 15 is 0 Å². The highest BCUT2D eigenvalue weighted by Gasteiger charge is 2.13. The maximum Gasteiger partial charge on any atom is 0.276 e. The van der Waals surface area contributed by atoms with Gasteiger partial charge in [0.25, 0.3) is 5.56 Å². The van der Waals surface area contributed by atoms with Crippen LogP contribution in [0, 0.1) is 0 Å². The molecule has 1 aromatic heterocycles. The van der Waals surface area contributed by atoms with Crippen molar-refractivity contribution in [1.29, 1.82) is 0 Å². The van der Waals surface area contributed by atoms with Gasteiger partial charge < -0.3 is 9.47 Å². The fraction of sp³-hybridized carbons (Fsp3) is 0.474. The van der Waals surface area contributed by atoms with Crippen LogP contribution in [0.3, 0.4) is 0 Å². The highest BCUT2D eigenvalue weighted by molar-refractivity contribution is 5.49. The first-order chi connectivity index (χ1) is 12.2. The number of ether oxygens (including phenoxy) is 2. The first kappa shape index (κ1) is 17.5. The van der Waals surface area contributed by atoms with Crippen LogP contribution in [0.4, 0.5) is 0 Å². The van der Waals surface area contributed by atoms with Gasteiger partial charge in [0.05, 0.1) is 12.8 Å². The van der Waals surface area contributed by atoms with Crippen molar-refractivity contribution < 1.29 is 9.47 Å². The standard InChI is InChI=1S/C19H25N3O3/c1-3-16-19(23)22(11-8-20-16)15-6-7-17(18(14-15)24-2)25-13-12-21-9-4-5-10-21/h6-8,11,14H,3-5,9-10,12-13H2,1-2H3. The van der Waals surface area contributed by atoms with E-state index in [-0.39, 0.29) is 5.56 Å². The Labute approximate surface area is 148 Å². The molecule has 1 saturated heterocycles. The molecule has 0 bridgehead atoms. The van der Waals surface area contributed by atoms with E-state index in [1.165, 1.54) is 12.8 Å². The van der Waals surface area contributed by atoms with E-state index in [1.54, 1.807) is 24.1 Å². The van der Waals surface area contributed by atoms with Crippen LogP contribution < -0.4 is 15.0 Å². The van der Waals surface area contributed by atoms with E-state index in [2.05, 4.69) is 9.88 Å². The van der Waals surface area contributed by atoms with Gasteiger partial charge in [-0.3, -0.25) is 19.2 Å². The third kappa shape index (κ3) is 4.02. The largest absolute Gasteiger partial charge is 0.493 e. The van der Waals surface area contributed by atoms with Gasteiger partial charge in [-0.15, -0.1) is 0 Å². The third-order valence-electron chi connectivity index (χ3n) is 4.54. The van der Waals surface area contributed by atoms with Crippen LogP contribution in [0.1, 0.15) is 25.5 Å². The van der Waals surface area contributed by atoms with Gasteiger partial charge in [-0.05, 0) is 44.5 Å². The molecular weight excluding hydrogens is 318 g/mol. The lowest BCUT2D eigenvalue weighted by molar-refractivity contribution is 0.230. The molecule has 2 heterocycles. The van der Waals surface area contributed by atoms with Crippen molar-refractivity contribution in [2.24, 2.45) is 0 Å². The Bertz CT molecular complexity index is 767. The molecule has 134 valence electrons. The maximum atomic E-state index is 12.4. The second-order valence-electron chi connectivity index (χ2n) is 6.14. The molecule has 0 unspecified atom stereocenters. The summed E-state index contributed by atoms with van der Waals surface area (Å²) in [5.41, 5.74) is 1.19. The molecule has 25 heavy (non-hydrogen) atoms. The zero-order valence-electron chi connectivity index (χ0n) is 14.9. The van der Waals surface area contributed by atoms with Gasteiger partial charge in [-0.2, -0.15) is 0 Å². The molecule has 0 radical (unpaired) electrons. The predicted molar refractivity (Wildman–Crippen MR) is 96.9 cm³/mol. The van der Waals surface area contributed by atoms with Crippen LogP contribution in [0.2, 0.25) is 0 Å². The van der Waals surface area contributed by atoms with Crippen molar-refractivity contribution in [2.45, 2.75) is 26.2 Å². The Morgan fingerprint density at radius 3 is 2.72 bits per heavy atom. The second kappa shape index (κ2) is 8.16. The lowest BCUT2D eigenvalue weighted by Gasteiger charge is -2.17. The van der Waals surface area contributed by atoms with E-state index < -0.39 is 0 Å². The normalized spacial score (nSPS) is 14.6. The molecule has 0 N–H and O–H groups in total. The summed E-state index contributed by atoms with van der Waals surface area (Å²) in [5, 5.41) is 0. The zero-order chi connectivity index (χ0) is 17.6. The van der Waals surface area contributed by atoms with Crippen LogP contribution in [0.5, 0.6) is 11.5 Å². The van der Waals surface area contributed by atoms with Crippen LogP contribution in [0.15, 0.2) is 35.4 Å². The summed E-state index contributed by atoms with van der Waals surface area (Å²) in [6.07, 6.45) is 6.47. The number of benzene rings is 1. The average Bonchev–Trinajstić information content (AvgIpc) is 3.15. The number of likely N-dealkylation sites (tertiary alicyclic amines) is 1. The first-order valence-electron chi connectivity index (χ1n) is 8.83. The number of methoxy groups -OCH3 is 1. The molecule has 1 aliphatic rings. The molecule has 0 saturated carbocycles. The minimum absolute atomic E-state index is 0.102. The highest BCUT2D eigenvalue weighted by atomic mass is 16.5. The molecule has 1 aromatic carbocycles. The number of rotatable bonds is 7. The van der Waals surface area contributed by atoms with Crippen molar-refractivity contribution in [3.63, 3.8) is 0 Å². The monoisotopic (exact) mass is 343 g/mol. The second-order valence-corrected chi connectivity index (χ2v) is 6.14. The van der Waals surface area contributed by atoms with E-state index in [9.17, 15) is 4.79 Å². The Balaban J connectivity index is 1.76. The van der Waals surface area contributed by atoms with Crippen molar-refractivity contribution in [3.05, 3.63) is 46.6 Å². The van der Waals surface area contributed by atoms with Crippen molar-refractivity contribution in [3.8, 4) is 17.2 Å². The third-order valence-corrected chi connectivity index (χ3v) is 4.54. The van der Waals surface area contributed by atoms with E-state index in [1.807, 2.05) is 25.1 Å².